The average molecular weight is 466 g/mol. The Morgan fingerprint density at radius 1 is 1.19 bits per heavy atom. The molecule has 0 unspecified atom stereocenters. The molecule has 2 saturated carbocycles. The van der Waals surface area contributed by atoms with Crippen molar-refractivity contribution >= 4 is 38.9 Å². The van der Waals surface area contributed by atoms with E-state index in [9.17, 15) is 17.6 Å². The average Bonchev–Trinajstić information content (AvgIpc) is 3.29. The van der Waals surface area contributed by atoms with Crippen LogP contribution in [0, 0.1) is 5.82 Å². The highest BCUT2D eigenvalue weighted by Gasteiger charge is 2.52. The molecule has 2 aromatic carbocycles. The highest BCUT2D eigenvalue weighted by molar-refractivity contribution is 7.92. The number of sulfonamides is 1. The van der Waals surface area contributed by atoms with Crippen molar-refractivity contribution < 1.29 is 22.3 Å². The molecule has 2 aliphatic carbocycles. The van der Waals surface area contributed by atoms with E-state index >= 15 is 0 Å². The van der Waals surface area contributed by atoms with E-state index in [1.165, 1.54) is 12.1 Å². The van der Waals surface area contributed by atoms with Crippen LogP contribution in [0.4, 0.5) is 15.8 Å². The van der Waals surface area contributed by atoms with Gasteiger partial charge >= 0.3 is 0 Å². The second-order valence-electron chi connectivity index (χ2n) is 8.62. The number of hydrogen-bond acceptors (Lipinski definition) is 5. The smallest absolute Gasteiger partial charge is 0.264 e. The molecule has 1 aliphatic heterocycles. The largest absolute Gasteiger partial charge is 0.489 e. The molecule has 0 atom stereocenters. The topological polar surface area (TPSA) is 111 Å². The zero-order valence-corrected chi connectivity index (χ0v) is 18.1. The fraction of sp³-hybridized carbons (Fsp3) is 0.381. The molecule has 4 N–H and O–H groups in total. The number of halogens is 2. The normalized spacial score (nSPS) is 20.0. The Morgan fingerprint density at radius 2 is 1.94 bits per heavy atom. The minimum Gasteiger partial charge on any atom is -0.489 e. The van der Waals surface area contributed by atoms with E-state index < -0.39 is 31.7 Å². The Bertz CT molecular complexity index is 1210. The number of nitrogens with one attached hydrogen (secondary N) is 2. The third-order valence-electron chi connectivity index (χ3n) is 6.34. The molecule has 1 heterocycles. The first kappa shape index (κ1) is 20.5. The number of benzene rings is 2. The van der Waals surface area contributed by atoms with Gasteiger partial charge in [-0.3, -0.25) is 9.52 Å². The van der Waals surface area contributed by atoms with E-state index in [2.05, 4.69) is 10.0 Å². The standard InChI is InChI=1S/C21H21ClFN3O4S/c22-12-2-3-17(15(23)8-12)31(28,29)26-13-9-14-18(25-19(27)21(14)4-1-5-21)16(10-13)30-11-20(24)6-7-20/h2-3,8-10,26H,1,4-7,11,24H2,(H,25,27). The molecule has 0 radical (unpaired) electrons. The molecule has 2 aromatic rings. The van der Waals surface area contributed by atoms with Gasteiger partial charge in [-0.05, 0) is 55.5 Å². The highest BCUT2D eigenvalue weighted by Crippen LogP contribution is 2.54. The molecule has 2 fully saturated rings. The summed E-state index contributed by atoms with van der Waals surface area (Å²) in [5, 5.41) is 2.99. The number of nitrogens with two attached hydrogens (primary N) is 1. The Morgan fingerprint density at radius 3 is 2.55 bits per heavy atom. The summed E-state index contributed by atoms with van der Waals surface area (Å²) in [7, 11) is -4.23. The van der Waals surface area contributed by atoms with Crippen LogP contribution in [0.5, 0.6) is 5.75 Å². The van der Waals surface area contributed by atoms with Crippen LogP contribution in [0.3, 0.4) is 0 Å². The summed E-state index contributed by atoms with van der Waals surface area (Å²) in [6.45, 7) is 0.254. The van der Waals surface area contributed by atoms with E-state index in [1.807, 2.05) is 0 Å². The summed E-state index contributed by atoms with van der Waals surface area (Å²) in [6, 6.07) is 6.47. The fourth-order valence-electron chi connectivity index (χ4n) is 4.11. The molecule has 31 heavy (non-hydrogen) atoms. The fourth-order valence-corrected chi connectivity index (χ4v) is 5.37. The van der Waals surface area contributed by atoms with Crippen molar-refractivity contribution in [1.82, 2.24) is 0 Å². The van der Waals surface area contributed by atoms with Crippen molar-refractivity contribution in [2.75, 3.05) is 16.6 Å². The number of carbonyl (C=O) groups is 1. The first-order valence-electron chi connectivity index (χ1n) is 10.0. The van der Waals surface area contributed by atoms with Gasteiger partial charge in [-0.15, -0.1) is 0 Å². The van der Waals surface area contributed by atoms with Gasteiger partial charge in [-0.2, -0.15) is 0 Å². The number of carbonyl (C=O) groups excluding carboxylic acids is 1. The Balaban J connectivity index is 1.53. The van der Waals surface area contributed by atoms with Crippen molar-refractivity contribution in [3.8, 4) is 5.75 Å². The van der Waals surface area contributed by atoms with Crippen molar-refractivity contribution in [3.63, 3.8) is 0 Å². The molecule has 3 aliphatic rings. The Kier molecular flexibility index (Phi) is 4.52. The second kappa shape index (κ2) is 6.82. The third kappa shape index (κ3) is 3.44. The molecule has 1 amide bonds. The molecule has 0 saturated heterocycles. The predicted octanol–water partition coefficient (Wildman–Crippen LogP) is 3.52. The van der Waals surface area contributed by atoms with Gasteiger partial charge in [0.2, 0.25) is 5.91 Å². The van der Waals surface area contributed by atoms with Gasteiger partial charge in [0.1, 0.15) is 23.1 Å². The molecule has 5 rings (SSSR count). The van der Waals surface area contributed by atoms with Crippen LogP contribution in [-0.2, 0) is 20.2 Å². The maximum Gasteiger partial charge on any atom is 0.264 e. The number of hydrogen-bond donors (Lipinski definition) is 3. The minimum atomic E-state index is -4.23. The van der Waals surface area contributed by atoms with Gasteiger partial charge < -0.3 is 15.8 Å². The third-order valence-corrected chi connectivity index (χ3v) is 7.99. The Labute approximate surface area is 184 Å². The van der Waals surface area contributed by atoms with Gasteiger partial charge in [0, 0.05) is 11.1 Å². The zero-order chi connectivity index (χ0) is 22.0. The highest BCUT2D eigenvalue weighted by atomic mass is 35.5. The lowest BCUT2D eigenvalue weighted by Gasteiger charge is -2.36. The summed E-state index contributed by atoms with van der Waals surface area (Å²) in [5.74, 6) is -0.722. The number of amides is 1. The van der Waals surface area contributed by atoms with Crippen LogP contribution in [0.25, 0.3) is 0 Å². The van der Waals surface area contributed by atoms with Crippen LogP contribution in [0.2, 0.25) is 5.02 Å². The zero-order valence-electron chi connectivity index (χ0n) is 16.5. The van der Waals surface area contributed by atoms with Crippen LogP contribution >= 0.6 is 11.6 Å². The Hall–Kier alpha value is -2.36. The molecule has 1 spiro atoms. The minimum absolute atomic E-state index is 0.0944. The molecule has 0 bridgehead atoms. The van der Waals surface area contributed by atoms with Crippen molar-refractivity contribution in [1.29, 1.82) is 0 Å². The first-order valence-corrected chi connectivity index (χ1v) is 11.9. The summed E-state index contributed by atoms with van der Waals surface area (Å²) in [4.78, 5) is 12.2. The van der Waals surface area contributed by atoms with E-state index in [0.29, 0.717) is 29.8 Å². The van der Waals surface area contributed by atoms with E-state index in [1.54, 1.807) is 6.07 Å². The molecule has 7 nitrogen and oxygen atoms in total. The lowest BCUT2D eigenvalue weighted by atomic mass is 9.65. The van der Waals surface area contributed by atoms with Crippen LogP contribution < -0.4 is 20.5 Å². The van der Waals surface area contributed by atoms with Gasteiger partial charge in [0.25, 0.3) is 10.0 Å². The number of anilines is 2. The van der Waals surface area contributed by atoms with Gasteiger partial charge in [0.15, 0.2) is 0 Å². The van der Waals surface area contributed by atoms with Gasteiger partial charge in [-0.1, -0.05) is 18.0 Å². The summed E-state index contributed by atoms with van der Waals surface area (Å²) in [6.07, 6.45) is 3.93. The van der Waals surface area contributed by atoms with E-state index in [0.717, 1.165) is 31.4 Å². The maximum absolute atomic E-state index is 14.2. The van der Waals surface area contributed by atoms with Crippen LogP contribution in [0.1, 0.15) is 37.7 Å². The lowest BCUT2D eigenvalue weighted by molar-refractivity contribution is -0.123. The predicted molar refractivity (Wildman–Crippen MR) is 114 cm³/mol. The van der Waals surface area contributed by atoms with E-state index in [-0.39, 0.29) is 23.2 Å². The quantitative estimate of drug-likeness (QED) is 0.604. The number of fused-ring (bicyclic) bond motifs is 2. The molecule has 0 aromatic heterocycles. The monoisotopic (exact) mass is 465 g/mol. The van der Waals surface area contributed by atoms with Crippen LogP contribution in [-0.4, -0.2) is 26.5 Å². The first-order chi connectivity index (χ1) is 14.6. The van der Waals surface area contributed by atoms with Gasteiger partial charge in [-0.25, -0.2) is 12.8 Å². The van der Waals surface area contributed by atoms with Crippen molar-refractivity contribution in [3.05, 3.63) is 46.7 Å². The summed E-state index contributed by atoms with van der Waals surface area (Å²) < 4.78 is 48.3. The molecular weight excluding hydrogens is 445 g/mol. The van der Waals surface area contributed by atoms with E-state index in [4.69, 9.17) is 22.1 Å². The summed E-state index contributed by atoms with van der Waals surface area (Å²) in [5.41, 5.74) is 6.48. The number of ether oxygens (including phenoxy) is 1. The second-order valence-corrected chi connectivity index (χ2v) is 10.7. The maximum atomic E-state index is 14.2. The van der Waals surface area contributed by atoms with Crippen LogP contribution in [0.15, 0.2) is 35.2 Å². The molecule has 10 heteroatoms. The van der Waals surface area contributed by atoms with Crippen molar-refractivity contribution in [2.45, 2.75) is 48.0 Å². The summed E-state index contributed by atoms with van der Waals surface area (Å²) >= 11 is 5.74. The lowest BCUT2D eigenvalue weighted by Crippen LogP contribution is -2.40. The molecular formula is C21H21ClFN3O4S. The molecule has 164 valence electrons. The number of rotatable bonds is 6. The SMILES string of the molecule is NC1(COc2cc(NS(=O)(=O)c3ccc(Cl)cc3F)cc3c2NC(=O)C32CCC2)CC1. The van der Waals surface area contributed by atoms with Gasteiger partial charge in [0.05, 0.1) is 22.3 Å². The van der Waals surface area contributed by atoms with Crippen molar-refractivity contribution in [2.24, 2.45) is 5.73 Å².